The molecule has 0 radical (unpaired) electrons. The van der Waals surface area contributed by atoms with Crippen molar-refractivity contribution in [2.75, 3.05) is 5.32 Å². The lowest BCUT2D eigenvalue weighted by molar-refractivity contribution is -0.385. The van der Waals surface area contributed by atoms with E-state index in [2.05, 4.69) is 21.2 Å². The van der Waals surface area contributed by atoms with Crippen molar-refractivity contribution in [1.82, 2.24) is 4.57 Å². The molecule has 0 aliphatic heterocycles. The number of nitrogens with zero attached hydrogens (tertiary/aromatic N) is 3. The number of phenols is 1. The number of hydrogen-bond donors (Lipinski definition) is 2. The van der Waals surface area contributed by atoms with Gasteiger partial charge in [0, 0.05) is 51.9 Å². The summed E-state index contributed by atoms with van der Waals surface area (Å²) in [7, 11) is 0. The Morgan fingerprint density at radius 1 is 0.842 bits per heavy atom. The van der Waals surface area contributed by atoms with Crippen LogP contribution in [-0.2, 0) is 0 Å². The smallest absolute Gasteiger partial charge is 0.269 e. The number of aromatic nitrogens is 1. The number of nitro benzene ring substituents is 2. The number of benzene rings is 3. The van der Waals surface area contributed by atoms with Crippen LogP contribution in [0.5, 0.6) is 5.75 Å². The third kappa shape index (κ3) is 5.32. The Hall–Kier alpha value is -5.17. The first-order valence-electron chi connectivity index (χ1n) is 10.7. The van der Waals surface area contributed by atoms with Crippen LogP contribution in [0.2, 0.25) is 0 Å². The Kier molecular flexibility index (Phi) is 7.12. The summed E-state index contributed by atoms with van der Waals surface area (Å²) in [5.74, 6) is -1.94. The number of carbonyl (C=O) groups is 2. The van der Waals surface area contributed by atoms with Crippen molar-refractivity contribution >= 4 is 44.7 Å². The van der Waals surface area contributed by atoms with Crippen LogP contribution < -0.4 is 10.9 Å². The molecule has 4 aromatic rings. The van der Waals surface area contributed by atoms with Gasteiger partial charge >= 0.3 is 0 Å². The largest absolute Gasteiger partial charge is 0.507 e. The monoisotopic (exact) mass is 578 g/mol. The zero-order valence-corrected chi connectivity index (χ0v) is 20.6. The van der Waals surface area contributed by atoms with Crippen LogP contribution in [0.1, 0.15) is 26.3 Å². The summed E-state index contributed by atoms with van der Waals surface area (Å²) >= 11 is 3.23. The first kappa shape index (κ1) is 25.9. The third-order valence-electron chi connectivity index (χ3n) is 5.40. The minimum Gasteiger partial charge on any atom is -0.507 e. The summed E-state index contributed by atoms with van der Waals surface area (Å²) in [6, 6.07) is 15.0. The van der Waals surface area contributed by atoms with Gasteiger partial charge in [0.05, 0.1) is 15.4 Å². The third-order valence-corrected chi connectivity index (χ3v) is 5.90. The number of anilines is 1. The van der Waals surface area contributed by atoms with Gasteiger partial charge in [-0.25, -0.2) is 0 Å². The van der Waals surface area contributed by atoms with Crippen LogP contribution in [0.4, 0.5) is 17.1 Å². The number of aromatic hydroxyl groups is 1. The van der Waals surface area contributed by atoms with Gasteiger partial charge in [-0.05, 0) is 48.5 Å². The highest BCUT2D eigenvalue weighted by atomic mass is 79.9. The van der Waals surface area contributed by atoms with Crippen molar-refractivity contribution in [3.63, 3.8) is 0 Å². The second-order valence-corrected chi connectivity index (χ2v) is 8.76. The minimum absolute atomic E-state index is 0.102. The molecule has 1 aromatic heterocycles. The van der Waals surface area contributed by atoms with Crippen LogP contribution >= 0.6 is 15.9 Å². The molecule has 13 heteroatoms. The second-order valence-electron chi connectivity index (χ2n) is 7.84. The Bertz CT molecular complexity index is 1660. The van der Waals surface area contributed by atoms with Gasteiger partial charge in [-0.15, -0.1) is 0 Å². The molecule has 4 rings (SSSR count). The van der Waals surface area contributed by atoms with Crippen molar-refractivity contribution in [1.29, 1.82) is 0 Å². The summed E-state index contributed by atoms with van der Waals surface area (Å²) < 4.78 is 1.48. The fourth-order valence-electron chi connectivity index (χ4n) is 3.51. The molecule has 0 spiro atoms. The molecule has 0 aliphatic rings. The van der Waals surface area contributed by atoms with Gasteiger partial charge < -0.3 is 10.4 Å². The predicted molar refractivity (Wildman–Crippen MR) is 139 cm³/mol. The molecule has 190 valence electrons. The zero-order chi connectivity index (χ0) is 27.6. The number of ketones is 1. The molecule has 0 saturated heterocycles. The molecule has 1 amide bonds. The van der Waals surface area contributed by atoms with Crippen molar-refractivity contribution in [3.05, 3.63) is 131 Å². The number of halogens is 1. The van der Waals surface area contributed by atoms with E-state index in [9.17, 15) is 39.7 Å². The molecular weight excluding hydrogens is 564 g/mol. The molecule has 38 heavy (non-hydrogen) atoms. The van der Waals surface area contributed by atoms with Gasteiger partial charge in [-0.3, -0.25) is 39.2 Å². The Morgan fingerprint density at radius 3 is 2.00 bits per heavy atom. The summed E-state index contributed by atoms with van der Waals surface area (Å²) in [6.07, 6.45) is 1.16. The van der Waals surface area contributed by atoms with Crippen LogP contribution in [0.3, 0.4) is 0 Å². The molecular formula is C25H15BrN4O8. The van der Waals surface area contributed by atoms with Gasteiger partial charge in [0.15, 0.2) is 5.78 Å². The summed E-state index contributed by atoms with van der Waals surface area (Å²) in [4.78, 5) is 60.4. The van der Waals surface area contributed by atoms with Crippen molar-refractivity contribution in [3.8, 4) is 11.4 Å². The molecule has 2 N–H and O–H groups in total. The van der Waals surface area contributed by atoms with Gasteiger partial charge in [0.25, 0.3) is 22.8 Å². The topological polar surface area (TPSA) is 175 Å². The molecule has 3 aromatic carbocycles. The number of nitro groups is 2. The van der Waals surface area contributed by atoms with Crippen LogP contribution in [-0.4, -0.2) is 31.2 Å². The van der Waals surface area contributed by atoms with E-state index in [1.54, 1.807) is 0 Å². The Balaban J connectivity index is 1.83. The normalized spacial score (nSPS) is 10.6. The van der Waals surface area contributed by atoms with Gasteiger partial charge in [0.1, 0.15) is 11.3 Å². The molecule has 0 atom stereocenters. The highest BCUT2D eigenvalue weighted by Gasteiger charge is 2.22. The predicted octanol–water partition coefficient (Wildman–Crippen LogP) is 4.61. The maximum Gasteiger partial charge on any atom is 0.269 e. The maximum atomic E-state index is 13.3. The molecule has 12 nitrogen and oxygen atoms in total. The SMILES string of the molecule is O=C(c1cc(C(=O)Nc2ccc([N+](=O)[O-])cc2)c(=O)n(-c2ccc([N+](=O)[O-])cc2)c1)c1cc(Br)ccc1O. The van der Waals surface area contributed by atoms with E-state index in [4.69, 9.17) is 0 Å². The summed E-state index contributed by atoms with van der Waals surface area (Å²) in [5, 5.41) is 34.6. The van der Waals surface area contributed by atoms with E-state index >= 15 is 0 Å². The first-order valence-corrected chi connectivity index (χ1v) is 11.4. The van der Waals surface area contributed by atoms with Gasteiger partial charge in [0.2, 0.25) is 0 Å². The number of rotatable bonds is 7. The lowest BCUT2D eigenvalue weighted by atomic mass is 10.0. The minimum atomic E-state index is -0.910. The molecule has 1 heterocycles. The molecule has 0 unspecified atom stereocenters. The lowest BCUT2D eigenvalue weighted by Gasteiger charge is -2.13. The van der Waals surface area contributed by atoms with Crippen LogP contribution in [0, 0.1) is 20.2 Å². The molecule has 0 fully saturated rings. The van der Waals surface area contributed by atoms with Crippen LogP contribution in [0.25, 0.3) is 5.69 Å². The maximum absolute atomic E-state index is 13.3. The first-order chi connectivity index (χ1) is 18.0. The molecule has 0 saturated carbocycles. The molecule has 0 bridgehead atoms. The van der Waals surface area contributed by atoms with E-state index in [-0.39, 0.29) is 39.6 Å². The van der Waals surface area contributed by atoms with Gasteiger partial charge in [-0.2, -0.15) is 0 Å². The number of carbonyl (C=O) groups excluding carboxylic acids is 2. The zero-order valence-electron chi connectivity index (χ0n) is 19.0. The van der Waals surface area contributed by atoms with Crippen molar-refractivity contribution in [2.45, 2.75) is 0 Å². The number of phenolic OH excluding ortho intramolecular Hbond substituents is 1. The quantitative estimate of drug-likeness (QED) is 0.181. The number of hydrogen-bond acceptors (Lipinski definition) is 8. The van der Waals surface area contributed by atoms with Crippen LogP contribution in [0.15, 0.2) is 88.3 Å². The average molecular weight is 579 g/mol. The van der Waals surface area contributed by atoms with E-state index in [1.165, 1.54) is 54.6 Å². The van der Waals surface area contributed by atoms with E-state index in [0.29, 0.717) is 4.47 Å². The fraction of sp³-hybridized carbons (Fsp3) is 0. The van der Waals surface area contributed by atoms with Crippen molar-refractivity contribution < 1.29 is 24.5 Å². The highest BCUT2D eigenvalue weighted by Crippen LogP contribution is 2.25. The number of pyridine rings is 1. The number of amides is 1. The standard InChI is InChI=1S/C25H15BrN4O8/c26-15-1-10-22(31)20(12-15)23(32)14-11-21(24(33)27-16-2-4-18(5-3-16)29(35)36)25(34)28(13-14)17-6-8-19(9-7-17)30(37)38/h1-13,31H,(H,27,33). The fourth-order valence-corrected chi connectivity index (χ4v) is 3.87. The Morgan fingerprint density at radius 2 is 1.42 bits per heavy atom. The Labute approximate surface area is 221 Å². The van der Waals surface area contributed by atoms with E-state index in [1.807, 2.05) is 0 Å². The average Bonchev–Trinajstić information content (AvgIpc) is 2.90. The lowest BCUT2D eigenvalue weighted by Crippen LogP contribution is -2.29. The summed E-state index contributed by atoms with van der Waals surface area (Å²) in [6.45, 7) is 0. The molecule has 0 aliphatic carbocycles. The van der Waals surface area contributed by atoms with E-state index < -0.39 is 32.7 Å². The number of non-ortho nitro benzene ring substituents is 2. The second kappa shape index (κ2) is 10.4. The van der Waals surface area contributed by atoms with Gasteiger partial charge in [-0.1, -0.05) is 15.9 Å². The highest BCUT2D eigenvalue weighted by molar-refractivity contribution is 9.10. The summed E-state index contributed by atoms with van der Waals surface area (Å²) in [5.41, 5.74) is -1.67. The van der Waals surface area contributed by atoms with E-state index in [0.717, 1.165) is 29.0 Å². The van der Waals surface area contributed by atoms with Crippen molar-refractivity contribution in [2.24, 2.45) is 0 Å². The number of nitrogens with one attached hydrogen (secondary N) is 1.